The fourth-order valence-electron chi connectivity index (χ4n) is 1.24. The van der Waals surface area contributed by atoms with Crippen molar-refractivity contribution in [3.05, 3.63) is 0 Å². The van der Waals surface area contributed by atoms with Crippen molar-refractivity contribution in [1.29, 1.82) is 5.26 Å². The van der Waals surface area contributed by atoms with E-state index in [1.165, 1.54) is 0 Å². The van der Waals surface area contributed by atoms with Crippen LogP contribution in [-0.2, 0) is 0 Å². The van der Waals surface area contributed by atoms with E-state index in [1.54, 1.807) is 0 Å². The maximum Gasteiger partial charge on any atom is 0.407 e. The highest BCUT2D eigenvalue weighted by Crippen LogP contribution is 2.16. The van der Waals surface area contributed by atoms with Crippen molar-refractivity contribution in [2.75, 3.05) is 13.1 Å². The predicted molar refractivity (Wildman–Crippen MR) is 39.3 cm³/mol. The first-order valence-corrected chi connectivity index (χ1v) is 3.70. The van der Waals surface area contributed by atoms with Gasteiger partial charge in [-0.2, -0.15) is 5.26 Å². The van der Waals surface area contributed by atoms with Gasteiger partial charge in [0.05, 0.1) is 18.1 Å². The molecular formula is C7H10N2O3. The lowest BCUT2D eigenvalue weighted by atomic mass is 9.97. The van der Waals surface area contributed by atoms with Crippen molar-refractivity contribution >= 4 is 6.09 Å². The molecule has 1 amide bonds. The van der Waals surface area contributed by atoms with Crippen molar-refractivity contribution in [2.45, 2.75) is 12.5 Å². The lowest BCUT2D eigenvalue weighted by molar-refractivity contribution is 0.0504. The van der Waals surface area contributed by atoms with Gasteiger partial charge in [-0.25, -0.2) is 4.79 Å². The minimum atomic E-state index is -1.03. The van der Waals surface area contributed by atoms with E-state index in [9.17, 15) is 9.90 Å². The van der Waals surface area contributed by atoms with Gasteiger partial charge >= 0.3 is 6.09 Å². The fraction of sp³-hybridized carbons (Fsp3) is 0.714. The summed E-state index contributed by atoms with van der Waals surface area (Å²) < 4.78 is 0. The fourth-order valence-corrected chi connectivity index (χ4v) is 1.24. The number of piperidine rings is 1. The molecule has 66 valence electrons. The molecule has 0 unspecified atom stereocenters. The number of carboxylic acid groups (broad SMARTS) is 1. The van der Waals surface area contributed by atoms with E-state index >= 15 is 0 Å². The molecule has 2 N–H and O–H groups in total. The molecule has 2 atom stereocenters. The second-order valence-corrected chi connectivity index (χ2v) is 2.82. The molecule has 0 radical (unpaired) electrons. The molecule has 0 aromatic rings. The van der Waals surface area contributed by atoms with Crippen molar-refractivity contribution < 1.29 is 15.0 Å². The molecule has 1 saturated heterocycles. The number of nitrogens with zero attached hydrogens (tertiary/aromatic N) is 2. The molecule has 1 rings (SSSR count). The van der Waals surface area contributed by atoms with E-state index in [0.717, 1.165) is 4.90 Å². The number of aliphatic hydroxyl groups excluding tert-OH is 1. The predicted octanol–water partition coefficient (Wildman–Crippen LogP) is -0.129. The standard InChI is InChI=1S/C7H10N2O3/c8-3-5-4-9(7(11)12)2-1-6(5)10/h5-6,10H,1-2,4H2,(H,11,12)/t5-,6-/m1/s1. The Balaban J connectivity index is 2.57. The first-order valence-electron chi connectivity index (χ1n) is 3.70. The van der Waals surface area contributed by atoms with E-state index in [2.05, 4.69) is 0 Å². The summed E-state index contributed by atoms with van der Waals surface area (Å²) in [5, 5.41) is 26.3. The number of rotatable bonds is 0. The molecule has 1 aliphatic rings. The van der Waals surface area contributed by atoms with Crippen LogP contribution in [0.1, 0.15) is 6.42 Å². The van der Waals surface area contributed by atoms with Gasteiger partial charge < -0.3 is 15.1 Å². The summed E-state index contributed by atoms with van der Waals surface area (Å²) in [6.07, 6.45) is -1.35. The van der Waals surface area contributed by atoms with E-state index in [-0.39, 0.29) is 6.54 Å². The largest absolute Gasteiger partial charge is 0.465 e. The van der Waals surface area contributed by atoms with Gasteiger partial charge in [0.25, 0.3) is 0 Å². The minimum Gasteiger partial charge on any atom is -0.465 e. The summed E-state index contributed by atoms with van der Waals surface area (Å²) in [7, 11) is 0. The van der Waals surface area contributed by atoms with Gasteiger partial charge in [0.2, 0.25) is 0 Å². The van der Waals surface area contributed by atoms with Crippen LogP contribution in [0.25, 0.3) is 0 Å². The zero-order valence-corrected chi connectivity index (χ0v) is 6.47. The third-order valence-electron chi connectivity index (χ3n) is 2.01. The molecule has 0 bridgehead atoms. The van der Waals surface area contributed by atoms with Gasteiger partial charge in [0, 0.05) is 13.1 Å². The van der Waals surface area contributed by atoms with Crippen LogP contribution in [0.15, 0.2) is 0 Å². The summed E-state index contributed by atoms with van der Waals surface area (Å²) in [5.41, 5.74) is 0. The molecule has 5 nitrogen and oxygen atoms in total. The Morgan fingerprint density at radius 2 is 2.33 bits per heavy atom. The van der Waals surface area contributed by atoms with Gasteiger partial charge in [-0.15, -0.1) is 0 Å². The first kappa shape index (κ1) is 8.81. The molecule has 1 fully saturated rings. The van der Waals surface area contributed by atoms with Crippen molar-refractivity contribution in [2.24, 2.45) is 5.92 Å². The minimum absolute atomic E-state index is 0.118. The normalized spacial score (nSPS) is 29.5. The lowest BCUT2D eigenvalue weighted by Crippen LogP contribution is -2.44. The van der Waals surface area contributed by atoms with Crippen molar-refractivity contribution in [3.63, 3.8) is 0 Å². The zero-order chi connectivity index (χ0) is 9.14. The van der Waals surface area contributed by atoms with Gasteiger partial charge in [0.15, 0.2) is 0 Å². The molecule has 12 heavy (non-hydrogen) atoms. The molecule has 0 spiro atoms. The molecule has 1 aliphatic heterocycles. The molecule has 0 aromatic carbocycles. The number of hydrogen-bond acceptors (Lipinski definition) is 3. The number of nitriles is 1. The summed E-state index contributed by atoms with van der Waals surface area (Å²) in [4.78, 5) is 11.6. The summed E-state index contributed by atoms with van der Waals surface area (Å²) in [6.45, 7) is 0.432. The molecule has 1 heterocycles. The van der Waals surface area contributed by atoms with E-state index < -0.39 is 18.1 Å². The molecule has 5 heteroatoms. The van der Waals surface area contributed by atoms with Crippen LogP contribution < -0.4 is 0 Å². The first-order chi connectivity index (χ1) is 5.65. The van der Waals surface area contributed by atoms with Crippen molar-refractivity contribution in [3.8, 4) is 6.07 Å². The molecular weight excluding hydrogens is 160 g/mol. The van der Waals surface area contributed by atoms with Crippen LogP contribution in [0.3, 0.4) is 0 Å². The van der Waals surface area contributed by atoms with E-state index in [0.29, 0.717) is 13.0 Å². The van der Waals surface area contributed by atoms with Crippen LogP contribution in [0, 0.1) is 17.2 Å². The zero-order valence-electron chi connectivity index (χ0n) is 6.47. The highest BCUT2D eigenvalue weighted by molar-refractivity contribution is 5.65. The Morgan fingerprint density at radius 1 is 1.67 bits per heavy atom. The summed E-state index contributed by atoms with van der Waals surface area (Å²) in [5.74, 6) is -0.574. The third kappa shape index (κ3) is 1.66. The molecule has 0 aliphatic carbocycles. The average molecular weight is 170 g/mol. The Kier molecular flexibility index (Phi) is 2.51. The number of carbonyl (C=O) groups is 1. The summed E-state index contributed by atoms with van der Waals surface area (Å²) >= 11 is 0. The molecule has 0 aromatic heterocycles. The van der Waals surface area contributed by atoms with Crippen LogP contribution in [0.4, 0.5) is 4.79 Å². The Labute approximate surface area is 69.8 Å². The van der Waals surface area contributed by atoms with Gasteiger partial charge in [-0.3, -0.25) is 0 Å². The van der Waals surface area contributed by atoms with Crippen LogP contribution in [-0.4, -0.2) is 40.4 Å². The number of likely N-dealkylation sites (tertiary alicyclic amines) is 1. The average Bonchev–Trinajstić information content (AvgIpc) is 2.05. The van der Waals surface area contributed by atoms with Crippen LogP contribution in [0.2, 0.25) is 0 Å². The number of hydrogen-bond donors (Lipinski definition) is 2. The van der Waals surface area contributed by atoms with Gasteiger partial charge in [-0.05, 0) is 6.42 Å². The molecule has 0 saturated carbocycles. The second-order valence-electron chi connectivity index (χ2n) is 2.82. The SMILES string of the molecule is N#C[C@@H]1CN(C(=O)O)CC[C@H]1O. The second kappa shape index (κ2) is 3.41. The van der Waals surface area contributed by atoms with Gasteiger partial charge in [0.1, 0.15) is 0 Å². The smallest absolute Gasteiger partial charge is 0.407 e. The number of aliphatic hydroxyl groups is 1. The number of amides is 1. The Bertz CT molecular complexity index is 223. The van der Waals surface area contributed by atoms with E-state index in [1.807, 2.05) is 6.07 Å². The van der Waals surface area contributed by atoms with Crippen molar-refractivity contribution in [1.82, 2.24) is 4.90 Å². The third-order valence-corrected chi connectivity index (χ3v) is 2.01. The van der Waals surface area contributed by atoms with E-state index in [4.69, 9.17) is 10.4 Å². The Morgan fingerprint density at radius 3 is 2.83 bits per heavy atom. The Hall–Kier alpha value is -1.28. The topological polar surface area (TPSA) is 84.6 Å². The maximum atomic E-state index is 10.5. The van der Waals surface area contributed by atoms with Crippen LogP contribution >= 0.6 is 0 Å². The monoisotopic (exact) mass is 170 g/mol. The highest BCUT2D eigenvalue weighted by atomic mass is 16.4. The quantitative estimate of drug-likeness (QED) is 0.530. The lowest BCUT2D eigenvalue weighted by Gasteiger charge is -2.30. The summed E-state index contributed by atoms with van der Waals surface area (Å²) in [6, 6.07) is 1.88. The van der Waals surface area contributed by atoms with Gasteiger partial charge in [-0.1, -0.05) is 0 Å². The maximum absolute atomic E-state index is 10.5. The van der Waals surface area contributed by atoms with Crippen LogP contribution in [0.5, 0.6) is 0 Å². The highest BCUT2D eigenvalue weighted by Gasteiger charge is 2.29.